The van der Waals surface area contributed by atoms with Gasteiger partial charge < -0.3 is 15.5 Å². The summed E-state index contributed by atoms with van der Waals surface area (Å²) in [6, 6.07) is 5.24. The summed E-state index contributed by atoms with van der Waals surface area (Å²) in [7, 11) is 0. The van der Waals surface area contributed by atoms with Crippen LogP contribution >= 0.6 is 0 Å². The van der Waals surface area contributed by atoms with Gasteiger partial charge in [-0.3, -0.25) is 4.98 Å². The number of hydrogen-bond donors (Lipinski definition) is 3. The molecule has 3 N–H and O–H groups in total. The first-order valence-electron chi connectivity index (χ1n) is 5.77. The Hall–Kier alpha value is -1.48. The molecule has 5 heteroatoms. The third-order valence-electron chi connectivity index (χ3n) is 2.36. The van der Waals surface area contributed by atoms with Crippen LogP contribution in [0, 0.1) is 11.3 Å². The van der Waals surface area contributed by atoms with Crippen molar-refractivity contribution in [2.75, 3.05) is 6.54 Å². The largest absolute Gasteiger partial charge is 0.364 e. The van der Waals surface area contributed by atoms with Gasteiger partial charge in [-0.15, -0.1) is 0 Å². The Morgan fingerprint density at radius 2 is 2.06 bits per heavy atom. The summed E-state index contributed by atoms with van der Waals surface area (Å²) in [5.41, 5.74) is 0.542. The Balaban J connectivity index is 2.74. The number of β-amino-alcohol motifs (C(OH)–C–C–N with tert-alkyl or cyclic N) is 2. The van der Waals surface area contributed by atoms with E-state index in [1.54, 1.807) is 12.1 Å². The van der Waals surface area contributed by atoms with E-state index in [4.69, 9.17) is 5.26 Å². The Bertz CT molecular complexity index is 444. The van der Waals surface area contributed by atoms with E-state index in [9.17, 15) is 10.2 Å². The summed E-state index contributed by atoms with van der Waals surface area (Å²) >= 11 is 0. The van der Waals surface area contributed by atoms with Crippen molar-refractivity contribution in [3.05, 3.63) is 29.6 Å². The fourth-order valence-electron chi connectivity index (χ4n) is 1.42. The third-order valence-corrected chi connectivity index (χ3v) is 2.36. The van der Waals surface area contributed by atoms with Crippen molar-refractivity contribution >= 4 is 0 Å². The summed E-state index contributed by atoms with van der Waals surface area (Å²) < 4.78 is 0. The van der Waals surface area contributed by atoms with Crippen LogP contribution < -0.4 is 5.32 Å². The van der Waals surface area contributed by atoms with E-state index in [-0.39, 0.29) is 18.5 Å². The van der Waals surface area contributed by atoms with Gasteiger partial charge in [-0.1, -0.05) is 0 Å². The van der Waals surface area contributed by atoms with Crippen LogP contribution in [0.25, 0.3) is 0 Å². The highest BCUT2D eigenvalue weighted by atomic mass is 16.5. The summed E-state index contributed by atoms with van der Waals surface area (Å²) in [6.07, 6.45) is 1.45. The second-order valence-corrected chi connectivity index (χ2v) is 5.37. The zero-order chi connectivity index (χ0) is 13.8. The van der Waals surface area contributed by atoms with Crippen molar-refractivity contribution in [1.82, 2.24) is 10.3 Å². The molecular formula is C13H19N3O2. The molecule has 0 aliphatic heterocycles. The maximum atomic E-state index is 9.89. The normalized spacial score (nSPS) is 12.2. The Kier molecular flexibility index (Phi) is 4.41. The van der Waals surface area contributed by atoms with E-state index >= 15 is 0 Å². The number of nitriles is 1. The number of aliphatic hydroxyl groups is 2. The second kappa shape index (κ2) is 5.44. The molecule has 0 aliphatic carbocycles. The average molecular weight is 249 g/mol. The lowest BCUT2D eigenvalue weighted by atomic mass is 10.0. The van der Waals surface area contributed by atoms with Gasteiger partial charge in [0, 0.05) is 18.2 Å². The molecule has 98 valence electrons. The molecule has 0 saturated carbocycles. The van der Waals surface area contributed by atoms with Crippen molar-refractivity contribution in [2.45, 2.75) is 38.5 Å². The van der Waals surface area contributed by atoms with Gasteiger partial charge >= 0.3 is 0 Å². The van der Waals surface area contributed by atoms with Crippen molar-refractivity contribution in [2.24, 2.45) is 0 Å². The highest BCUT2D eigenvalue weighted by molar-refractivity contribution is 5.33. The first kappa shape index (κ1) is 14.6. The monoisotopic (exact) mass is 249 g/mol. The molecule has 1 rings (SSSR count). The lowest BCUT2D eigenvalue weighted by Crippen LogP contribution is -2.49. The SMILES string of the molecule is CC(C)(C)NCC(O)(O)Cc1ncccc1C#N. The zero-order valence-electron chi connectivity index (χ0n) is 10.9. The molecule has 0 spiro atoms. The number of rotatable bonds is 4. The molecule has 0 bridgehead atoms. The Morgan fingerprint density at radius 3 is 2.61 bits per heavy atom. The third kappa shape index (κ3) is 4.80. The highest BCUT2D eigenvalue weighted by Gasteiger charge is 2.27. The average Bonchev–Trinajstić information content (AvgIpc) is 2.26. The van der Waals surface area contributed by atoms with Crippen molar-refractivity contribution in [3.63, 3.8) is 0 Å². The summed E-state index contributed by atoms with van der Waals surface area (Å²) in [5, 5.41) is 31.7. The number of pyridine rings is 1. The Morgan fingerprint density at radius 1 is 1.39 bits per heavy atom. The van der Waals surface area contributed by atoms with Crippen LogP contribution in [0.4, 0.5) is 0 Å². The van der Waals surface area contributed by atoms with Gasteiger partial charge in [0.2, 0.25) is 0 Å². The summed E-state index contributed by atoms with van der Waals surface area (Å²) in [6.45, 7) is 5.82. The number of aromatic nitrogens is 1. The quantitative estimate of drug-likeness (QED) is 0.679. The second-order valence-electron chi connectivity index (χ2n) is 5.37. The molecule has 0 aromatic carbocycles. The van der Waals surface area contributed by atoms with Crippen LogP contribution in [0.2, 0.25) is 0 Å². The van der Waals surface area contributed by atoms with E-state index in [2.05, 4.69) is 10.3 Å². The van der Waals surface area contributed by atoms with Gasteiger partial charge in [-0.25, -0.2) is 0 Å². The lowest BCUT2D eigenvalue weighted by Gasteiger charge is -2.28. The van der Waals surface area contributed by atoms with E-state index in [0.717, 1.165) is 0 Å². The molecule has 0 saturated heterocycles. The van der Waals surface area contributed by atoms with Crippen molar-refractivity contribution < 1.29 is 10.2 Å². The predicted octanol–water partition coefficient (Wildman–Crippen LogP) is 0.565. The molecule has 0 unspecified atom stereocenters. The van der Waals surface area contributed by atoms with Gasteiger partial charge in [-0.2, -0.15) is 5.26 Å². The molecule has 0 fully saturated rings. The Labute approximate surface area is 107 Å². The van der Waals surface area contributed by atoms with Crippen LogP contribution in [0.5, 0.6) is 0 Å². The number of nitrogens with zero attached hydrogens (tertiary/aromatic N) is 2. The van der Waals surface area contributed by atoms with E-state index < -0.39 is 5.79 Å². The molecule has 0 radical (unpaired) electrons. The maximum Gasteiger partial charge on any atom is 0.181 e. The molecule has 1 aromatic rings. The molecule has 1 heterocycles. The lowest BCUT2D eigenvalue weighted by molar-refractivity contribution is -0.158. The topological polar surface area (TPSA) is 89.2 Å². The first-order chi connectivity index (χ1) is 8.23. The summed E-state index contributed by atoms with van der Waals surface area (Å²) in [4.78, 5) is 4.01. The van der Waals surface area contributed by atoms with Gasteiger partial charge in [0.05, 0.1) is 17.8 Å². The number of hydrogen-bond acceptors (Lipinski definition) is 5. The smallest absolute Gasteiger partial charge is 0.181 e. The van der Waals surface area contributed by atoms with Gasteiger partial charge in [0.15, 0.2) is 5.79 Å². The molecule has 0 amide bonds. The zero-order valence-corrected chi connectivity index (χ0v) is 10.9. The molecule has 1 aromatic heterocycles. The van der Waals surface area contributed by atoms with Crippen LogP contribution in [-0.2, 0) is 6.42 Å². The molecular weight excluding hydrogens is 230 g/mol. The molecule has 18 heavy (non-hydrogen) atoms. The molecule has 5 nitrogen and oxygen atoms in total. The van der Waals surface area contributed by atoms with Gasteiger partial charge in [0.1, 0.15) is 6.07 Å². The molecule has 0 aliphatic rings. The highest BCUT2D eigenvalue weighted by Crippen LogP contribution is 2.13. The minimum Gasteiger partial charge on any atom is -0.364 e. The van der Waals surface area contributed by atoms with Crippen LogP contribution in [0.1, 0.15) is 32.0 Å². The standard InChI is InChI=1S/C13H19N3O2/c1-12(2,3)16-9-13(17,18)7-11-10(8-14)5-4-6-15-11/h4-6,16-18H,7,9H2,1-3H3. The van der Waals surface area contributed by atoms with Crippen LogP contribution in [0.15, 0.2) is 18.3 Å². The molecule has 0 atom stereocenters. The summed E-state index contributed by atoms with van der Waals surface area (Å²) in [5.74, 6) is -1.92. The van der Waals surface area contributed by atoms with Gasteiger partial charge in [-0.05, 0) is 32.9 Å². The minimum absolute atomic E-state index is 0.0118. The fraction of sp³-hybridized carbons (Fsp3) is 0.538. The fourth-order valence-corrected chi connectivity index (χ4v) is 1.42. The van der Waals surface area contributed by atoms with Gasteiger partial charge in [0.25, 0.3) is 0 Å². The van der Waals surface area contributed by atoms with Crippen LogP contribution in [0.3, 0.4) is 0 Å². The van der Waals surface area contributed by atoms with E-state index in [1.165, 1.54) is 6.20 Å². The van der Waals surface area contributed by atoms with Crippen molar-refractivity contribution in [1.29, 1.82) is 5.26 Å². The van der Waals surface area contributed by atoms with Crippen LogP contribution in [-0.4, -0.2) is 33.1 Å². The van der Waals surface area contributed by atoms with E-state index in [1.807, 2.05) is 26.8 Å². The maximum absolute atomic E-state index is 9.89. The predicted molar refractivity (Wildman–Crippen MR) is 67.6 cm³/mol. The number of nitrogens with one attached hydrogen (secondary N) is 1. The first-order valence-corrected chi connectivity index (χ1v) is 5.77. The van der Waals surface area contributed by atoms with Crippen molar-refractivity contribution in [3.8, 4) is 6.07 Å². The minimum atomic E-state index is -1.92. The van der Waals surface area contributed by atoms with E-state index in [0.29, 0.717) is 11.3 Å².